The molecule has 0 bridgehead atoms. The predicted octanol–water partition coefficient (Wildman–Crippen LogP) is 2.42. The second-order valence-corrected chi connectivity index (χ2v) is 5.35. The molecule has 2 aromatic heterocycles. The summed E-state index contributed by atoms with van der Waals surface area (Å²) in [4.78, 5) is 4.61. The summed E-state index contributed by atoms with van der Waals surface area (Å²) in [6.07, 6.45) is 2.65. The Morgan fingerprint density at radius 3 is 2.71 bits per heavy atom. The van der Waals surface area contributed by atoms with Gasteiger partial charge in [-0.3, -0.25) is 0 Å². The quantitative estimate of drug-likeness (QED) is 0.388. The third-order valence-corrected chi connectivity index (χ3v) is 3.55. The van der Waals surface area contributed by atoms with Gasteiger partial charge in [-0.15, -0.1) is 34.2 Å². The van der Waals surface area contributed by atoms with Crippen LogP contribution in [-0.4, -0.2) is 33.8 Å². The molecule has 7 nitrogen and oxygen atoms in total. The Morgan fingerprint density at radius 1 is 1.29 bits per heavy atom. The monoisotopic (exact) mass is 446 g/mol. The number of aliphatic imine (C=N–C) groups is 1. The topological polar surface area (TPSA) is 80.3 Å². The van der Waals surface area contributed by atoms with Crippen LogP contribution in [0.5, 0.6) is 0 Å². The molecule has 0 saturated heterocycles. The number of aryl methyl sites for hydroxylation is 3. The number of aromatic nitrogens is 3. The fraction of sp³-hybridized carbons (Fsp3) is 0.562. The van der Waals surface area contributed by atoms with Crippen molar-refractivity contribution < 1.29 is 4.42 Å². The molecule has 0 atom stereocenters. The van der Waals surface area contributed by atoms with E-state index in [1.807, 2.05) is 19.9 Å². The third kappa shape index (κ3) is 5.81. The summed E-state index contributed by atoms with van der Waals surface area (Å²) >= 11 is 0. The largest absolute Gasteiger partial charge is 0.466 e. The summed E-state index contributed by atoms with van der Waals surface area (Å²) in [7, 11) is 0. The number of nitrogens with one attached hydrogen (secondary N) is 2. The van der Waals surface area contributed by atoms with E-state index in [1.165, 1.54) is 0 Å². The van der Waals surface area contributed by atoms with Gasteiger partial charge in [0.05, 0.1) is 6.54 Å². The molecule has 0 saturated carbocycles. The second-order valence-electron chi connectivity index (χ2n) is 5.35. The molecule has 0 amide bonds. The molecule has 2 rings (SSSR count). The maximum atomic E-state index is 5.54. The Labute approximate surface area is 160 Å². The number of nitrogens with zero attached hydrogens (tertiary/aromatic N) is 4. The molecule has 2 N–H and O–H groups in total. The standard InChI is InChI=1S/C16H26N6O.HI/c1-5-15-21-20-11-22(15)8-7-18-16(17-6-2)19-10-14-9-12(3)23-13(14)4;/h9,11H,5-8,10H2,1-4H3,(H2,17,18,19);1H. The Kier molecular flexibility index (Phi) is 8.80. The number of rotatable bonds is 7. The molecule has 2 aromatic rings. The maximum Gasteiger partial charge on any atom is 0.191 e. The first kappa shape index (κ1) is 20.5. The Morgan fingerprint density at radius 2 is 2.08 bits per heavy atom. The van der Waals surface area contributed by atoms with E-state index in [0.29, 0.717) is 6.54 Å². The molecule has 134 valence electrons. The highest BCUT2D eigenvalue weighted by molar-refractivity contribution is 14.0. The minimum absolute atomic E-state index is 0. The molecule has 0 aliphatic heterocycles. The Balaban J connectivity index is 0.00000288. The van der Waals surface area contributed by atoms with Crippen molar-refractivity contribution in [3.63, 3.8) is 0 Å². The zero-order valence-electron chi connectivity index (χ0n) is 14.8. The first-order valence-corrected chi connectivity index (χ1v) is 8.08. The van der Waals surface area contributed by atoms with Crippen LogP contribution in [-0.2, 0) is 19.5 Å². The van der Waals surface area contributed by atoms with Crippen molar-refractivity contribution in [2.45, 2.75) is 47.2 Å². The fourth-order valence-corrected chi connectivity index (χ4v) is 2.38. The van der Waals surface area contributed by atoms with Gasteiger partial charge in [0.15, 0.2) is 5.96 Å². The Bertz CT molecular complexity index is 649. The minimum atomic E-state index is 0. The van der Waals surface area contributed by atoms with Gasteiger partial charge < -0.3 is 19.6 Å². The number of halogens is 1. The van der Waals surface area contributed by atoms with Gasteiger partial charge in [-0.2, -0.15) is 0 Å². The van der Waals surface area contributed by atoms with Crippen LogP contribution in [0.4, 0.5) is 0 Å². The third-order valence-electron chi connectivity index (χ3n) is 3.55. The fourth-order valence-electron chi connectivity index (χ4n) is 2.38. The van der Waals surface area contributed by atoms with Gasteiger partial charge in [0.1, 0.15) is 23.7 Å². The van der Waals surface area contributed by atoms with Crippen molar-refractivity contribution in [2.24, 2.45) is 4.99 Å². The van der Waals surface area contributed by atoms with Crippen LogP contribution in [0.1, 0.15) is 36.8 Å². The molecule has 0 radical (unpaired) electrons. The van der Waals surface area contributed by atoms with Crippen molar-refractivity contribution in [3.05, 3.63) is 35.3 Å². The van der Waals surface area contributed by atoms with Crippen LogP contribution in [0, 0.1) is 13.8 Å². The number of furan rings is 1. The maximum absolute atomic E-state index is 5.54. The summed E-state index contributed by atoms with van der Waals surface area (Å²) in [5.74, 6) is 3.65. The van der Waals surface area contributed by atoms with E-state index in [2.05, 4.69) is 44.2 Å². The molecular formula is C16H27IN6O. The first-order valence-electron chi connectivity index (χ1n) is 8.08. The lowest BCUT2D eigenvalue weighted by Gasteiger charge is -2.12. The van der Waals surface area contributed by atoms with Crippen molar-refractivity contribution in [1.29, 1.82) is 0 Å². The van der Waals surface area contributed by atoms with E-state index in [4.69, 9.17) is 4.42 Å². The van der Waals surface area contributed by atoms with Gasteiger partial charge in [-0.05, 0) is 26.8 Å². The highest BCUT2D eigenvalue weighted by Crippen LogP contribution is 2.14. The smallest absolute Gasteiger partial charge is 0.191 e. The van der Waals surface area contributed by atoms with Crippen LogP contribution in [0.15, 0.2) is 21.8 Å². The molecule has 0 aromatic carbocycles. The van der Waals surface area contributed by atoms with Gasteiger partial charge in [0.2, 0.25) is 0 Å². The van der Waals surface area contributed by atoms with E-state index in [0.717, 1.165) is 54.9 Å². The van der Waals surface area contributed by atoms with Crippen molar-refractivity contribution >= 4 is 29.9 Å². The van der Waals surface area contributed by atoms with Gasteiger partial charge in [-0.1, -0.05) is 6.92 Å². The molecule has 0 aliphatic carbocycles. The highest BCUT2D eigenvalue weighted by atomic mass is 127. The number of hydrogen-bond donors (Lipinski definition) is 2. The van der Waals surface area contributed by atoms with Gasteiger partial charge in [0, 0.05) is 31.6 Å². The van der Waals surface area contributed by atoms with Crippen LogP contribution in [0.3, 0.4) is 0 Å². The zero-order valence-corrected chi connectivity index (χ0v) is 17.1. The summed E-state index contributed by atoms with van der Waals surface area (Å²) < 4.78 is 7.59. The normalized spacial score (nSPS) is 11.2. The van der Waals surface area contributed by atoms with Crippen molar-refractivity contribution in [2.75, 3.05) is 13.1 Å². The predicted molar refractivity (Wildman–Crippen MR) is 106 cm³/mol. The van der Waals surface area contributed by atoms with Gasteiger partial charge >= 0.3 is 0 Å². The van der Waals surface area contributed by atoms with E-state index in [9.17, 15) is 0 Å². The molecule has 2 heterocycles. The first-order chi connectivity index (χ1) is 11.1. The molecule has 0 unspecified atom stereocenters. The van der Waals surface area contributed by atoms with E-state index in [-0.39, 0.29) is 24.0 Å². The lowest BCUT2D eigenvalue weighted by Crippen LogP contribution is -2.38. The molecule has 0 spiro atoms. The van der Waals surface area contributed by atoms with E-state index < -0.39 is 0 Å². The van der Waals surface area contributed by atoms with Crippen LogP contribution in [0.25, 0.3) is 0 Å². The van der Waals surface area contributed by atoms with Crippen LogP contribution in [0.2, 0.25) is 0 Å². The highest BCUT2D eigenvalue weighted by Gasteiger charge is 2.05. The average molecular weight is 446 g/mol. The molecule has 0 fully saturated rings. The average Bonchev–Trinajstić information content (AvgIpc) is 3.10. The molecule has 24 heavy (non-hydrogen) atoms. The van der Waals surface area contributed by atoms with Gasteiger partial charge in [0.25, 0.3) is 0 Å². The lowest BCUT2D eigenvalue weighted by atomic mass is 10.2. The van der Waals surface area contributed by atoms with Gasteiger partial charge in [-0.25, -0.2) is 4.99 Å². The van der Waals surface area contributed by atoms with Crippen LogP contribution < -0.4 is 10.6 Å². The zero-order chi connectivity index (χ0) is 16.7. The summed E-state index contributed by atoms with van der Waals surface area (Å²) in [6, 6.07) is 2.03. The minimum Gasteiger partial charge on any atom is -0.466 e. The molecule has 8 heteroatoms. The summed E-state index contributed by atoms with van der Waals surface area (Å²) in [5, 5.41) is 14.6. The second kappa shape index (κ2) is 10.3. The van der Waals surface area contributed by atoms with Crippen molar-refractivity contribution in [1.82, 2.24) is 25.4 Å². The number of hydrogen-bond acceptors (Lipinski definition) is 4. The van der Waals surface area contributed by atoms with Crippen molar-refractivity contribution in [3.8, 4) is 0 Å². The summed E-state index contributed by atoms with van der Waals surface area (Å²) in [5.41, 5.74) is 1.12. The molecule has 0 aliphatic rings. The SMILES string of the molecule is CCNC(=NCc1cc(C)oc1C)NCCn1cnnc1CC.I. The molecular weight excluding hydrogens is 419 g/mol. The van der Waals surface area contributed by atoms with Crippen LogP contribution >= 0.6 is 24.0 Å². The number of guanidine groups is 1. The summed E-state index contributed by atoms with van der Waals surface area (Å²) in [6.45, 7) is 11.1. The van der Waals surface area contributed by atoms with E-state index >= 15 is 0 Å². The Hall–Kier alpha value is -1.58. The lowest BCUT2D eigenvalue weighted by molar-refractivity contribution is 0.501. The van der Waals surface area contributed by atoms with E-state index in [1.54, 1.807) is 6.33 Å².